The van der Waals surface area contributed by atoms with Crippen LogP contribution in [0, 0.1) is 23.2 Å². The van der Waals surface area contributed by atoms with Gasteiger partial charge in [-0.15, -0.1) is 4.33 Å². The van der Waals surface area contributed by atoms with Crippen molar-refractivity contribution in [3.8, 4) is 0 Å². The highest BCUT2D eigenvalue weighted by Gasteiger charge is 2.51. The lowest BCUT2D eigenvalue weighted by Gasteiger charge is -2.56. The van der Waals surface area contributed by atoms with Crippen LogP contribution in [0.5, 0.6) is 0 Å². The summed E-state index contributed by atoms with van der Waals surface area (Å²) in [6.45, 7) is 0.543. The van der Waals surface area contributed by atoms with E-state index < -0.39 is 23.5 Å². The first-order valence-corrected chi connectivity index (χ1v) is 9.24. The summed E-state index contributed by atoms with van der Waals surface area (Å²) in [5.74, 6) is 0.243. The first kappa shape index (κ1) is 18.9. The SMILES string of the molecule is CC(F)(SOOO)C(=O)OCC(=O)OCC12CC3CC(CC(C3)C1)C2. The van der Waals surface area contributed by atoms with E-state index in [1.54, 1.807) is 0 Å². The number of alkyl halides is 1. The van der Waals surface area contributed by atoms with Gasteiger partial charge in [0.05, 0.1) is 18.6 Å². The second kappa shape index (κ2) is 7.38. The molecule has 4 aliphatic carbocycles. The van der Waals surface area contributed by atoms with Crippen LogP contribution in [-0.4, -0.2) is 35.4 Å². The Kier molecular flexibility index (Phi) is 5.57. The second-order valence-electron chi connectivity index (χ2n) is 7.80. The summed E-state index contributed by atoms with van der Waals surface area (Å²) in [7, 11) is 0. The summed E-state index contributed by atoms with van der Waals surface area (Å²) < 4.78 is 27.7. The molecule has 4 rings (SSSR count). The van der Waals surface area contributed by atoms with E-state index in [1.807, 2.05) is 0 Å². The zero-order chi connectivity index (χ0) is 18.1. The van der Waals surface area contributed by atoms with Gasteiger partial charge in [-0.3, -0.25) is 0 Å². The van der Waals surface area contributed by atoms with Gasteiger partial charge < -0.3 is 9.47 Å². The monoisotopic (exact) mass is 378 g/mol. The number of hydrogen-bond donors (Lipinski definition) is 1. The molecule has 0 radical (unpaired) electrons. The zero-order valence-corrected chi connectivity index (χ0v) is 14.9. The molecule has 0 aliphatic heterocycles. The molecule has 1 unspecified atom stereocenters. The Morgan fingerprint density at radius 1 is 1.16 bits per heavy atom. The maximum atomic E-state index is 13.8. The molecule has 1 atom stereocenters. The zero-order valence-electron chi connectivity index (χ0n) is 14.1. The van der Waals surface area contributed by atoms with Crippen LogP contribution in [0.25, 0.3) is 0 Å². The average Bonchev–Trinajstić information content (AvgIpc) is 2.55. The number of carbonyl (C=O) groups is 2. The predicted octanol–water partition coefficient (Wildman–Crippen LogP) is 3.04. The maximum Gasteiger partial charge on any atom is 0.357 e. The molecule has 0 saturated heterocycles. The van der Waals surface area contributed by atoms with Gasteiger partial charge in [-0.05, 0) is 63.2 Å². The third-order valence-electron chi connectivity index (χ3n) is 5.61. The van der Waals surface area contributed by atoms with Crippen LogP contribution in [0.15, 0.2) is 0 Å². The van der Waals surface area contributed by atoms with Crippen LogP contribution >= 0.6 is 12.0 Å². The number of carbonyl (C=O) groups excluding carboxylic acids is 2. The van der Waals surface area contributed by atoms with Crippen LogP contribution < -0.4 is 0 Å². The maximum absolute atomic E-state index is 13.8. The summed E-state index contributed by atoms with van der Waals surface area (Å²) in [5.41, 5.74) is 0.0746. The molecule has 142 valence electrons. The van der Waals surface area contributed by atoms with Gasteiger partial charge in [-0.25, -0.2) is 19.2 Å². The lowest BCUT2D eigenvalue weighted by molar-refractivity contribution is -0.432. The van der Waals surface area contributed by atoms with Crippen LogP contribution in [0.4, 0.5) is 4.39 Å². The smallest absolute Gasteiger partial charge is 0.357 e. The number of halogens is 1. The van der Waals surface area contributed by atoms with Crippen LogP contribution in [0.3, 0.4) is 0 Å². The van der Waals surface area contributed by atoms with Crippen LogP contribution in [0.1, 0.15) is 45.4 Å². The van der Waals surface area contributed by atoms with E-state index in [-0.39, 0.29) is 17.5 Å². The Balaban J connectivity index is 1.42. The highest BCUT2D eigenvalue weighted by atomic mass is 32.2. The van der Waals surface area contributed by atoms with Gasteiger partial charge in [0.2, 0.25) is 0 Å². The Bertz CT molecular complexity index is 489. The van der Waals surface area contributed by atoms with Crippen LogP contribution in [-0.2, 0) is 28.4 Å². The fourth-order valence-electron chi connectivity index (χ4n) is 5.11. The van der Waals surface area contributed by atoms with E-state index in [4.69, 9.17) is 9.99 Å². The van der Waals surface area contributed by atoms with Crippen molar-refractivity contribution in [3.05, 3.63) is 0 Å². The molecule has 4 saturated carbocycles. The number of hydrogen-bond acceptors (Lipinski definition) is 8. The third kappa shape index (κ3) is 4.45. The molecule has 25 heavy (non-hydrogen) atoms. The number of esters is 2. The van der Waals surface area contributed by atoms with Crippen molar-refractivity contribution in [2.45, 2.75) is 50.4 Å². The minimum Gasteiger partial charge on any atom is -0.463 e. The Labute approximate surface area is 149 Å². The van der Waals surface area contributed by atoms with Crippen molar-refractivity contribution in [1.82, 2.24) is 0 Å². The summed E-state index contributed by atoms with van der Waals surface area (Å²) >= 11 is -0.0751. The van der Waals surface area contributed by atoms with E-state index >= 15 is 0 Å². The first-order valence-electron chi connectivity index (χ1n) is 8.49. The molecule has 0 spiro atoms. The fraction of sp³-hybridized carbons (Fsp3) is 0.875. The lowest BCUT2D eigenvalue weighted by atomic mass is 9.50. The van der Waals surface area contributed by atoms with Crippen LogP contribution in [0.2, 0.25) is 0 Å². The normalized spacial score (nSPS) is 35.2. The second-order valence-corrected chi connectivity index (χ2v) is 8.87. The van der Waals surface area contributed by atoms with Gasteiger partial charge in [0.15, 0.2) is 6.61 Å². The summed E-state index contributed by atoms with van der Waals surface area (Å²) in [5, 5.41) is 8.59. The molecule has 4 bridgehead atoms. The highest BCUT2D eigenvalue weighted by Crippen LogP contribution is 2.60. The van der Waals surface area contributed by atoms with Crippen molar-refractivity contribution in [2.75, 3.05) is 13.2 Å². The summed E-state index contributed by atoms with van der Waals surface area (Å²) in [6.07, 6.45) is 7.21. The Morgan fingerprint density at radius 3 is 2.24 bits per heavy atom. The lowest BCUT2D eigenvalue weighted by Crippen LogP contribution is -2.48. The fourth-order valence-corrected chi connectivity index (χ4v) is 5.39. The quantitative estimate of drug-likeness (QED) is 0.298. The largest absolute Gasteiger partial charge is 0.463 e. The Hall–Kier alpha value is -0.900. The Morgan fingerprint density at radius 2 is 1.72 bits per heavy atom. The van der Waals surface area contributed by atoms with E-state index in [0.717, 1.165) is 43.9 Å². The van der Waals surface area contributed by atoms with Crippen molar-refractivity contribution in [1.29, 1.82) is 0 Å². The molecule has 0 aromatic carbocycles. The molecule has 9 heteroatoms. The molecular weight excluding hydrogens is 355 g/mol. The molecule has 4 aliphatic rings. The first-order chi connectivity index (χ1) is 11.8. The van der Waals surface area contributed by atoms with Gasteiger partial charge >= 0.3 is 11.9 Å². The molecular formula is C16H23FO7S. The van der Waals surface area contributed by atoms with Crippen molar-refractivity contribution < 1.29 is 38.1 Å². The predicted molar refractivity (Wildman–Crippen MR) is 84.4 cm³/mol. The van der Waals surface area contributed by atoms with Gasteiger partial charge in [0.25, 0.3) is 5.00 Å². The topological polar surface area (TPSA) is 91.3 Å². The minimum absolute atomic E-state index is 0.0746. The number of rotatable bonds is 8. The molecule has 7 nitrogen and oxygen atoms in total. The minimum atomic E-state index is -2.62. The summed E-state index contributed by atoms with van der Waals surface area (Å²) in [4.78, 5) is 23.4. The van der Waals surface area contributed by atoms with E-state index in [9.17, 15) is 14.0 Å². The molecule has 4 fully saturated rings. The van der Waals surface area contributed by atoms with Gasteiger partial charge in [-0.2, -0.15) is 0 Å². The van der Waals surface area contributed by atoms with E-state index in [0.29, 0.717) is 6.61 Å². The molecule has 1 N–H and O–H groups in total. The average molecular weight is 378 g/mol. The molecule has 0 amide bonds. The van der Waals surface area contributed by atoms with Gasteiger partial charge in [0.1, 0.15) is 0 Å². The number of ether oxygens (including phenoxy) is 2. The van der Waals surface area contributed by atoms with Crippen molar-refractivity contribution >= 4 is 24.0 Å². The summed E-state index contributed by atoms with van der Waals surface area (Å²) in [6, 6.07) is 0. The molecule has 0 heterocycles. The van der Waals surface area contributed by atoms with Gasteiger partial charge in [0, 0.05) is 5.41 Å². The van der Waals surface area contributed by atoms with E-state index in [2.05, 4.69) is 14.1 Å². The third-order valence-corrected chi connectivity index (χ3v) is 6.22. The molecule has 0 aromatic heterocycles. The molecule has 0 aromatic rings. The van der Waals surface area contributed by atoms with E-state index in [1.165, 1.54) is 19.3 Å². The van der Waals surface area contributed by atoms with Gasteiger partial charge in [-0.1, -0.05) is 5.04 Å². The highest BCUT2D eigenvalue weighted by molar-refractivity contribution is 7.96. The standard InChI is InChI=1S/C16H23FO7S/c1-15(17,25-24-23-20)14(19)21-8-13(18)22-9-16-5-10-2-11(6-16)4-12(3-10)7-16/h10-12,20H,2-9H2,1H3. The van der Waals surface area contributed by atoms with Crippen molar-refractivity contribution in [3.63, 3.8) is 0 Å². The van der Waals surface area contributed by atoms with Crippen molar-refractivity contribution in [2.24, 2.45) is 23.2 Å².